The van der Waals surface area contributed by atoms with E-state index < -0.39 is 10.0 Å². The van der Waals surface area contributed by atoms with Crippen molar-refractivity contribution in [1.82, 2.24) is 9.97 Å². The summed E-state index contributed by atoms with van der Waals surface area (Å²) in [5.74, 6) is 0.0549. The molecule has 0 unspecified atom stereocenters. The molecular weight excluding hydrogens is 315 g/mol. The van der Waals surface area contributed by atoms with Gasteiger partial charge in [-0.3, -0.25) is 9.71 Å². The molecule has 0 bridgehead atoms. The van der Waals surface area contributed by atoms with E-state index in [1.807, 2.05) is 0 Å². The molecule has 0 saturated carbocycles. The SMILES string of the molecule is Nc1ccc(S(=O)(=O)Nc2cncc(Cl)n2)cc1.O.[H-].[Na+]. The minimum absolute atomic E-state index is 0. The summed E-state index contributed by atoms with van der Waals surface area (Å²) in [5, 5.41) is 0.104. The number of hydrogen-bond acceptors (Lipinski definition) is 5. The molecule has 7 nitrogen and oxygen atoms in total. The molecule has 20 heavy (non-hydrogen) atoms. The second kappa shape index (κ2) is 7.77. The fourth-order valence-corrected chi connectivity index (χ4v) is 2.37. The van der Waals surface area contributed by atoms with Crippen LogP contribution in [0.4, 0.5) is 11.5 Å². The molecule has 0 saturated heterocycles. The zero-order valence-electron chi connectivity index (χ0n) is 11.5. The van der Waals surface area contributed by atoms with Gasteiger partial charge in [-0.2, -0.15) is 0 Å². The number of sulfonamides is 1. The normalized spacial score (nSPS) is 10.1. The third kappa shape index (κ3) is 4.89. The van der Waals surface area contributed by atoms with Gasteiger partial charge in [0.05, 0.1) is 17.3 Å². The predicted molar refractivity (Wildman–Crippen MR) is 73.4 cm³/mol. The van der Waals surface area contributed by atoms with Crippen molar-refractivity contribution in [2.75, 3.05) is 10.5 Å². The minimum Gasteiger partial charge on any atom is -1.00 e. The molecule has 2 rings (SSSR count). The molecule has 10 heteroatoms. The molecule has 2 aromatic rings. The smallest absolute Gasteiger partial charge is 1.00 e. The molecule has 0 amide bonds. The number of nitrogens with zero attached hydrogens (tertiary/aromatic N) is 2. The first-order valence-electron chi connectivity index (χ1n) is 4.83. The van der Waals surface area contributed by atoms with Crippen LogP contribution in [0.3, 0.4) is 0 Å². The Hall–Kier alpha value is -0.900. The van der Waals surface area contributed by atoms with Gasteiger partial charge in [0.15, 0.2) is 5.82 Å². The Morgan fingerprint density at radius 1 is 1.20 bits per heavy atom. The number of nitrogens with two attached hydrogens (primary N) is 1. The molecule has 5 N–H and O–H groups in total. The van der Waals surface area contributed by atoms with Crippen LogP contribution in [0.5, 0.6) is 0 Å². The summed E-state index contributed by atoms with van der Waals surface area (Å²) >= 11 is 5.62. The van der Waals surface area contributed by atoms with Gasteiger partial charge in [0.2, 0.25) is 0 Å². The first-order chi connectivity index (χ1) is 8.47. The summed E-state index contributed by atoms with van der Waals surface area (Å²) < 4.78 is 26.2. The molecule has 1 aromatic carbocycles. The van der Waals surface area contributed by atoms with Crippen LogP contribution < -0.4 is 40.0 Å². The molecular formula is C10H12ClN4NaO3S. The van der Waals surface area contributed by atoms with Gasteiger partial charge in [-0.05, 0) is 24.3 Å². The molecule has 104 valence electrons. The number of halogens is 1. The molecule has 1 heterocycles. The molecule has 0 atom stereocenters. The van der Waals surface area contributed by atoms with E-state index >= 15 is 0 Å². The third-order valence-corrected chi connectivity index (χ3v) is 3.59. The number of aromatic nitrogens is 2. The summed E-state index contributed by atoms with van der Waals surface area (Å²) in [6.07, 6.45) is 2.57. The first-order valence-corrected chi connectivity index (χ1v) is 6.69. The van der Waals surface area contributed by atoms with Crippen molar-refractivity contribution in [2.24, 2.45) is 0 Å². The van der Waals surface area contributed by atoms with E-state index in [0.717, 1.165) is 0 Å². The third-order valence-electron chi connectivity index (χ3n) is 2.03. The standard InChI is InChI=1S/C10H9ClN4O2S.Na.H2O.H/c11-9-5-13-6-10(14-9)15-18(16,17)8-3-1-7(12)2-4-8;;;/h1-6H,12H2,(H,14,15);;1H2;/q;+1;;-1. The van der Waals surface area contributed by atoms with Gasteiger partial charge < -0.3 is 12.6 Å². The summed E-state index contributed by atoms with van der Waals surface area (Å²) in [7, 11) is -3.71. The monoisotopic (exact) mass is 326 g/mol. The summed E-state index contributed by atoms with van der Waals surface area (Å²) in [4.78, 5) is 7.61. The van der Waals surface area contributed by atoms with Crippen molar-refractivity contribution in [3.05, 3.63) is 41.8 Å². The first kappa shape index (κ1) is 19.1. The van der Waals surface area contributed by atoms with E-state index in [-0.39, 0.29) is 52.3 Å². The molecule has 0 aliphatic carbocycles. The zero-order chi connectivity index (χ0) is 13.2. The summed E-state index contributed by atoms with van der Waals surface area (Å²) in [6, 6.07) is 5.79. The molecule has 0 radical (unpaired) electrons. The molecule has 0 aliphatic heterocycles. The topological polar surface area (TPSA) is 129 Å². The van der Waals surface area contributed by atoms with Gasteiger partial charge in [-0.15, -0.1) is 0 Å². The summed E-state index contributed by atoms with van der Waals surface area (Å²) in [5.41, 5.74) is 5.97. The Labute approximate surface area is 144 Å². The van der Waals surface area contributed by atoms with Crippen LogP contribution in [0, 0.1) is 0 Å². The average Bonchev–Trinajstić information content (AvgIpc) is 2.29. The van der Waals surface area contributed by atoms with Gasteiger partial charge in [-0.25, -0.2) is 13.4 Å². The van der Waals surface area contributed by atoms with Crippen LogP contribution in [0.1, 0.15) is 1.43 Å². The second-order valence-corrected chi connectivity index (χ2v) is 5.47. The van der Waals surface area contributed by atoms with Crippen LogP contribution in [0.2, 0.25) is 5.15 Å². The number of nitrogen functional groups attached to an aromatic ring is 1. The van der Waals surface area contributed by atoms with Crippen molar-refractivity contribution in [3.8, 4) is 0 Å². The average molecular weight is 327 g/mol. The van der Waals surface area contributed by atoms with Crippen LogP contribution in [-0.2, 0) is 10.0 Å². The van der Waals surface area contributed by atoms with E-state index in [4.69, 9.17) is 17.3 Å². The van der Waals surface area contributed by atoms with Gasteiger partial charge >= 0.3 is 29.6 Å². The Morgan fingerprint density at radius 3 is 2.35 bits per heavy atom. The summed E-state index contributed by atoms with van der Waals surface area (Å²) in [6.45, 7) is 0. The van der Waals surface area contributed by atoms with Crippen molar-refractivity contribution in [3.63, 3.8) is 0 Å². The fourth-order valence-electron chi connectivity index (χ4n) is 1.23. The van der Waals surface area contributed by atoms with Crippen molar-refractivity contribution >= 4 is 33.1 Å². The largest absolute Gasteiger partial charge is 1.00 e. The van der Waals surface area contributed by atoms with Crippen LogP contribution in [-0.4, -0.2) is 23.9 Å². The maximum atomic E-state index is 12.0. The second-order valence-electron chi connectivity index (χ2n) is 3.40. The zero-order valence-corrected chi connectivity index (χ0v) is 14.1. The number of rotatable bonds is 3. The van der Waals surface area contributed by atoms with Crippen molar-refractivity contribution < 1.29 is 44.9 Å². The van der Waals surface area contributed by atoms with Crippen molar-refractivity contribution in [2.45, 2.75) is 4.90 Å². The van der Waals surface area contributed by atoms with Crippen LogP contribution in [0.15, 0.2) is 41.6 Å². The Balaban J connectivity index is 0. The predicted octanol–water partition coefficient (Wildman–Crippen LogP) is -2.20. The number of anilines is 2. The van der Waals surface area contributed by atoms with Crippen LogP contribution >= 0.6 is 11.6 Å². The van der Waals surface area contributed by atoms with Crippen LogP contribution in [0.25, 0.3) is 0 Å². The van der Waals surface area contributed by atoms with E-state index in [1.54, 1.807) is 0 Å². The molecule has 0 fully saturated rings. The van der Waals surface area contributed by atoms with Gasteiger partial charge in [0, 0.05) is 5.69 Å². The Morgan fingerprint density at radius 2 is 1.80 bits per heavy atom. The maximum absolute atomic E-state index is 12.0. The molecule has 0 aliphatic rings. The molecule has 0 spiro atoms. The fraction of sp³-hybridized carbons (Fsp3) is 0. The minimum atomic E-state index is -3.71. The Bertz CT molecular complexity index is 672. The number of nitrogens with one attached hydrogen (secondary N) is 1. The van der Waals surface area contributed by atoms with E-state index in [9.17, 15) is 8.42 Å². The van der Waals surface area contributed by atoms with E-state index in [0.29, 0.717) is 5.69 Å². The number of benzene rings is 1. The van der Waals surface area contributed by atoms with Gasteiger partial charge in [0.25, 0.3) is 10.0 Å². The van der Waals surface area contributed by atoms with E-state index in [1.165, 1.54) is 36.7 Å². The molecule has 1 aromatic heterocycles. The van der Waals surface area contributed by atoms with Gasteiger partial charge in [-0.1, -0.05) is 11.6 Å². The number of hydrogen-bond donors (Lipinski definition) is 2. The van der Waals surface area contributed by atoms with E-state index in [2.05, 4.69) is 14.7 Å². The maximum Gasteiger partial charge on any atom is 1.00 e. The Kier molecular flexibility index (Phi) is 7.42. The quantitative estimate of drug-likeness (QED) is 0.488. The van der Waals surface area contributed by atoms with Crippen molar-refractivity contribution in [1.29, 1.82) is 0 Å². The van der Waals surface area contributed by atoms with Gasteiger partial charge in [0.1, 0.15) is 5.15 Å².